The van der Waals surface area contributed by atoms with E-state index in [0.717, 1.165) is 21.9 Å². The average Bonchev–Trinajstić information content (AvgIpc) is 2.77. The molecule has 180 valence electrons. The van der Waals surface area contributed by atoms with Crippen LogP contribution >= 0.6 is 12.2 Å². The Labute approximate surface area is 198 Å². The van der Waals surface area contributed by atoms with Gasteiger partial charge in [0.05, 0.1) is 5.56 Å². The standard InChI is InChI=1S/C22H21F3N4O4S/c1-11(2)14-9-13(33-16-8-5-12(10-26-16)22(23,24)25)6-7-15(14)27-18(30)17-19(31)28(3)21(34)29(4)20(17)32/h5-11,17H,1-4H3,(H,27,30). The molecular weight excluding hydrogens is 473 g/mol. The van der Waals surface area contributed by atoms with E-state index < -0.39 is 35.4 Å². The monoisotopic (exact) mass is 494 g/mol. The van der Waals surface area contributed by atoms with Crippen LogP contribution in [0.15, 0.2) is 36.5 Å². The lowest BCUT2D eigenvalue weighted by Crippen LogP contribution is -2.59. The molecule has 0 bridgehead atoms. The molecule has 0 atom stereocenters. The molecule has 3 amide bonds. The van der Waals surface area contributed by atoms with Crippen molar-refractivity contribution in [2.45, 2.75) is 25.9 Å². The van der Waals surface area contributed by atoms with Gasteiger partial charge < -0.3 is 10.1 Å². The highest BCUT2D eigenvalue weighted by Gasteiger charge is 2.45. The molecule has 0 spiro atoms. The summed E-state index contributed by atoms with van der Waals surface area (Å²) in [4.78, 5) is 43.7. The third-order valence-corrected chi connectivity index (χ3v) is 5.73. The number of alkyl halides is 3. The van der Waals surface area contributed by atoms with Crippen molar-refractivity contribution < 1.29 is 32.3 Å². The molecule has 2 aromatic rings. The molecule has 1 fully saturated rings. The van der Waals surface area contributed by atoms with Crippen molar-refractivity contribution in [3.8, 4) is 11.6 Å². The third-order valence-electron chi connectivity index (χ3n) is 5.18. The predicted molar refractivity (Wildman–Crippen MR) is 120 cm³/mol. The molecule has 1 aliphatic heterocycles. The summed E-state index contributed by atoms with van der Waals surface area (Å²) in [7, 11) is 2.77. The molecule has 1 aromatic carbocycles. The van der Waals surface area contributed by atoms with E-state index in [0.29, 0.717) is 17.4 Å². The zero-order valence-electron chi connectivity index (χ0n) is 18.6. The van der Waals surface area contributed by atoms with E-state index in [1.165, 1.54) is 26.2 Å². The lowest BCUT2D eigenvalue weighted by atomic mass is 9.99. The molecule has 12 heteroatoms. The van der Waals surface area contributed by atoms with Crippen LogP contribution in [0.1, 0.15) is 30.9 Å². The quantitative estimate of drug-likeness (QED) is 0.503. The van der Waals surface area contributed by atoms with Crippen molar-refractivity contribution >= 4 is 40.7 Å². The maximum atomic E-state index is 12.9. The van der Waals surface area contributed by atoms with Crippen LogP contribution < -0.4 is 10.1 Å². The molecule has 1 aromatic heterocycles. The maximum absolute atomic E-state index is 12.9. The number of thiocarbonyl (C=S) groups is 1. The summed E-state index contributed by atoms with van der Waals surface area (Å²) in [5.41, 5.74) is 0.0714. The first kappa shape index (κ1) is 25.1. The molecule has 1 aliphatic rings. The van der Waals surface area contributed by atoms with Gasteiger partial charge >= 0.3 is 6.18 Å². The highest BCUT2D eigenvalue weighted by atomic mass is 32.1. The van der Waals surface area contributed by atoms with Crippen LogP contribution in [0, 0.1) is 5.92 Å². The first-order valence-electron chi connectivity index (χ1n) is 10.1. The number of nitrogens with zero attached hydrogens (tertiary/aromatic N) is 3. The molecule has 8 nitrogen and oxygen atoms in total. The molecule has 0 unspecified atom stereocenters. The van der Waals surface area contributed by atoms with Gasteiger partial charge in [0, 0.05) is 32.0 Å². The minimum atomic E-state index is -4.51. The molecule has 3 rings (SSSR count). The summed E-state index contributed by atoms with van der Waals surface area (Å²) < 4.78 is 43.7. The summed E-state index contributed by atoms with van der Waals surface area (Å²) in [6.45, 7) is 3.70. The number of aromatic nitrogens is 1. The number of ether oxygens (including phenoxy) is 1. The Kier molecular flexibility index (Phi) is 6.92. The number of hydrogen-bond acceptors (Lipinski definition) is 6. The van der Waals surface area contributed by atoms with Crippen molar-refractivity contribution in [1.82, 2.24) is 14.8 Å². The lowest BCUT2D eigenvalue weighted by molar-refractivity contribution is -0.149. The van der Waals surface area contributed by atoms with E-state index in [1.807, 2.05) is 13.8 Å². The second-order valence-corrected chi connectivity index (χ2v) is 8.25. The Morgan fingerprint density at radius 1 is 1.12 bits per heavy atom. The van der Waals surface area contributed by atoms with E-state index in [-0.39, 0.29) is 22.7 Å². The van der Waals surface area contributed by atoms with Crippen LogP contribution in [-0.4, -0.2) is 51.7 Å². The normalized spacial score (nSPS) is 15.2. The van der Waals surface area contributed by atoms with Gasteiger partial charge in [-0.05, 0) is 48.0 Å². The summed E-state index contributed by atoms with van der Waals surface area (Å²) in [5, 5.41) is 2.62. The number of amides is 3. The molecule has 0 saturated carbocycles. The summed E-state index contributed by atoms with van der Waals surface area (Å²) >= 11 is 5.03. The number of carbonyl (C=O) groups excluding carboxylic acids is 3. The highest BCUT2D eigenvalue weighted by molar-refractivity contribution is 7.80. The van der Waals surface area contributed by atoms with Gasteiger partial charge in [-0.25, -0.2) is 4.98 Å². The minimum Gasteiger partial charge on any atom is -0.439 e. The van der Waals surface area contributed by atoms with Crippen LogP contribution in [0.4, 0.5) is 18.9 Å². The van der Waals surface area contributed by atoms with Crippen molar-refractivity contribution in [1.29, 1.82) is 0 Å². The number of hydrogen-bond donors (Lipinski definition) is 1. The number of rotatable bonds is 5. The van der Waals surface area contributed by atoms with E-state index in [2.05, 4.69) is 10.3 Å². The molecule has 2 heterocycles. The van der Waals surface area contributed by atoms with Gasteiger partial charge in [0.25, 0.3) is 11.8 Å². The van der Waals surface area contributed by atoms with Crippen molar-refractivity contribution in [3.05, 3.63) is 47.7 Å². The highest BCUT2D eigenvalue weighted by Crippen LogP contribution is 2.33. The van der Waals surface area contributed by atoms with Crippen LogP contribution in [0.3, 0.4) is 0 Å². The van der Waals surface area contributed by atoms with Gasteiger partial charge in [0.15, 0.2) is 11.0 Å². The smallest absolute Gasteiger partial charge is 0.417 e. The van der Waals surface area contributed by atoms with Gasteiger partial charge in [-0.3, -0.25) is 24.2 Å². The number of pyridine rings is 1. The molecule has 34 heavy (non-hydrogen) atoms. The second kappa shape index (κ2) is 9.37. The Morgan fingerprint density at radius 3 is 2.24 bits per heavy atom. The number of halogens is 3. The molecular formula is C22H21F3N4O4S. The van der Waals surface area contributed by atoms with E-state index >= 15 is 0 Å². The Balaban J connectivity index is 1.82. The molecule has 0 radical (unpaired) electrons. The van der Waals surface area contributed by atoms with Gasteiger partial charge in [0.2, 0.25) is 11.8 Å². The fourth-order valence-electron chi connectivity index (χ4n) is 3.26. The third kappa shape index (κ3) is 5.01. The largest absolute Gasteiger partial charge is 0.439 e. The first-order valence-corrected chi connectivity index (χ1v) is 10.5. The van der Waals surface area contributed by atoms with Crippen LogP contribution in [0.5, 0.6) is 11.6 Å². The van der Waals surface area contributed by atoms with Gasteiger partial charge in [-0.15, -0.1) is 0 Å². The summed E-state index contributed by atoms with van der Waals surface area (Å²) in [5.74, 6) is -3.74. The Bertz CT molecular complexity index is 1130. The predicted octanol–water partition coefficient (Wildman–Crippen LogP) is 3.79. The second-order valence-electron chi connectivity index (χ2n) is 7.89. The van der Waals surface area contributed by atoms with Crippen LogP contribution in [0.25, 0.3) is 0 Å². The fraction of sp³-hybridized carbons (Fsp3) is 0.318. The van der Waals surface area contributed by atoms with Crippen LogP contribution in [0.2, 0.25) is 0 Å². The van der Waals surface area contributed by atoms with Gasteiger partial charge in [-0.1, -0.05) is 13.8 Å². The van der Waals surface area contributed by atoms with Crippen molar-refractivity contribution in [3.63, 3.8) is 0 Å². The Morgan fingerprint density at radius 2 is 1.74 bits per heavy atom. The zero-order chi connectivity index (χ0) is 25.4. The average molecular weight is 494 g/mol. The van der Waals surface area contributed by atoms with Crippen molar-refractivity contribution in [2.75, 3.05) is 19.4 Å². The van der Waals surface area contributed by atoms with E-state index in [9.17, 15) is 27.6 Å². The first-order chi connectivity index (χ1) is 15.8. The van der Waals surface area contributed by atoms with Crippen molar-refractivity contribution in [2.24, 2.45) is 5.92 Å². The minimum absolute atomic E-state index is 0.000275. The number of anilines is 1. The van der Waals surface area contributed by atoms with Gasteiger partial charge in [-0.2, -0.15) is 13.2 Å². The van der Waals surface area contributed by atoms with Crippen LogP contribution in [-0.2, 0) is 20.6 Å². The number of benzene rings is 1. The number of nitrogens with one attached hydrogen (secondary N) is 1. The number of carbonyl (C=O) groups is 3. The zero-order valence-corrected chi connectivity index (χ0v) is 19.5. The van der Waals surface area contributed by atoms with Gasteiger partial charge in [0.1, 0.15) is 5.75 Å². The fourth-order valence-corrected chi connectivity index (χ4v) is 3.44. The molecule has 1 N–H and O–H groups in total. The molecule has 1 saturated heterocycles. The summed E-state index contributed by atoms with van der Waals surface area (Å²) in [6.07, 6.45) is -3.84. The molecule has 0 aliphatic carbocycles. The maximum Gasteiger partial charge on any atom is 0.417 e. The van der Waals surface area contributed by atoms with E-state index in [4.69, 9.17) is 17.0 Å². The Hall–Kier alpha value is -3.54. The summed E-state index contributed by atoms with van der Waals surface area (Å²) in [6, 6.07) is 6.56. The lowest BCUT2D eigenvalue weighted by Gasteiger charge is -2.34. The topological polar surface area (TPSA) is 91.8 Å². The van der Waals surface area contributed by atoms with E-state index in [1.54, 1.807) is 6.07 Å². The SMILES string of the molecule is CC(C)c1cc(Oc2ccc(C(F)(F)F)cn2)ccc1NC(=O)C1C(=O)N(C)C(=S)N(C)C1=O.